The Labute approximate surface area is 169 Å². The van der Waals surface area contributed by atoms with Crippen LogP contribution in [0.5, 0.6) is 0 Å². The number of nitro benzene ring substituents is 1. The van der Waals surface area contributed by atoms with Gasteiger partial charge in [0, 0.05) is 36.9 Å². The van der Waals surface area contributed by atoms with Crippen molar-refractivity contribution in [3.8, 4) is 0 Å². The van der Waals surface area contributed by atoms with Crippen LogP contribution in [0.2, 0.25) is 5.02 Å². The fraction of sp³-hybridized carbons (Fsp3) is 0.158. The highest BCUT2D eigenvalue weighted by molar-refractivity contribution is 7.16. The minimum absolute atomic E-state index is 0.00344. The predicted octanol–water partition coefficient (Wildman–Crippen LogP) is 4.05. The number of non-ortho nitro benzene ring substituents is 1. The summed E-state index contributed by atoms with van der Waals surface area (Å²) in [4.78, 5) is 27.3. The van der Waals surface area contributed by atoms with Crippen molar-refractivity contribution >= 4 is 50.8 Å². The highest BCUT2D eigenvalue weighted by atomic mass is 35.5. The van der Waals surface area contributed by atoms with Crippen molar-refractivity contribution in [2.24, 2.45) is 4.99 Å². The summed E-state index contributed by atoms with van der Waals surface area (Å²) in [6, 6.07) is 11.4. The van der Waals surface area contributed by atoms with Crippen molar-refractivity contribution in [1.82, 2.24) is 4.57 Å². The molecule has 0 aliphatic heterocycles. The normalized spacial score (nSPS) is 12.1. The van der Waals surface area contributed by atoms with E-state index in [0.29, 0.717) is 28.5 Å². The average Bonchev–Trinajstić information content (AvgIpc) is 3.00. The Balaban J connectivity index is 1.89. The highest BCUT2D eigenvalue weighted by Crippen LogP contribution is 2.22. The number of nitro groups is 1. The monoisotopic (exact) mass is 417 g/mol. The molecule has 0 fully saturated rings. The average molecular weight is 418 g/mol. The van der Waals surface area contributed by atoms with Crippen LogP contribution in [0.25, 0.3) is 16.3 Å². The number of fused-ring (bicyclic) bond motifs is 1. The van der Waals surface area contributed by atoms with E-state index in [1.807, 2.05) is 16.7 Å². The number of hydrogen-bond donors (Lipinski definition) is 0. The quantitative estimate of drug-likeness (QED) is 0.344. The van der Waals surface area contributed by atoms with E-state index < -0.39 is 10.8 Å². The SMILES string of the molecule is COCCn1c(=NC(=O)C=Cc2ccc([N+](=O)[O-])cc2)sc2cc(Cl)ccc21. The third kappa shape index (κ3) is 4.72. The zero-order valence-electron chi connectivity index (χ0n) is 14.9. The van der Waals surface area contributed by atoms with E-state index >= 15 is 0 Å². The number of halogens is 1. The third-order valence-corrected chi connectivity index (χ3v) is 5.17. The number of thiazole rings is 1. The van der Waals surface area contributed by atoms with Crippen molar-refractivity contribution in [3.63, 3.8) is 0 Å². The predicted molar refractivity (Wildman–Crippen MR) is 109 cm³/mol. The molecule has 0 unspecified atom stereocenters. The van der Waals surface area contributed by atoms with Gasteiger partial charge in [-0.3, -0.25) is 14.9 Å². The van der Waals surface area contributed by atoms with Crippen molar-refractivity contribution in [2.75, 3.05) is 13.7 Å². The second kappa shape index (κ2) is 8.92. The number of methoxy groups -OCH3 is 1. The first kappa shape index (κ1) is 19.9. The molecule has 28 heavy (non-hydrogen) atoms. The molecule has 1 heterocycles. The van der Waals surface area contributed by atoms with Gasteiger partial charge in [-0.05, 0) is 42.0 Å². The first-order valence-electron chi connectivity index (χ1n) is 8.27. The second-order valence-electron chi connectivity index (χ2n) is 5.77. The van der Waals surface area contributed by atoms with Gasteiger partial charge in [0.2, 0.25) is 0 Å². The molecule has 1 aromatic heterocycles. The molecule has 0 N–H and O–H groups in total. The fourth-order valence-corrected chi connectivity index (χ4v) is 3.87. The number of carbonyl (C=O) groups excluding carboxylic acids is 1. The molecule has 0 bridgehead atoms. The molecule has 2 aromatic carbocycles. The van der Waals surface area contributed by atoms with E-state index in [1.54, 1.807) is 31.4 Å². The zero-order chi connectivity index (χ0) is 20.1. The summed E-state index contributed by atoms with van der Waals surface area (Å²) >= 11 is 7.43. The Hall–Kier alpha value is -2.81. The van der Waals surface area contributed by atoms with E-state index in [2.05, 4.69) is 4.99 Å². The van der Waals surface area contributed by atoms with Gasteiger partial charge in [-0.25, -0.2) is 0 Å². The molecular weight excluding hydrogens is 402 g/mol. The van der Waals surface area contributed by atoms with E-state index in [0.717, 1.165) is 10.2 Å². The lowest BCUT2D eigenvalue weighted by Gasteiger charge is -2.03. The van der Waals surface area contributed by atoms with Crippen LogP contribution in [0.4, 0.5) is 5.69 Å². The number of aromatic nitrogens is 1. The second-order valence-corrected chi connectivity index (χ2v) is 7.22. The number of ether oxygens (including phenoxy) is 1. The summed E-state index contributed by atoms with van der Waals surface area (Å²) in [5.41, 5.74) is 1.60. The Morgan fingerprint density at radius 3 is 2.75 bits per heavy atom. The van der Waals surface area contributed by atoms with Crippen LogP contribution in [0.15, 0.2) is 53.5 Å². The molecule has 0 saturated carbocycles. The summed E-state index contributed by atoms with van der Waals surface area (Å²) < 4.78 is 7.99. The lowest BCUT2D eigenvalue weighted by atomic mass is 10.2. The molecule has 0 aliphatic carbocycles. The summed E-state index contributed by atoms with van der Waals surface area (Å²) in [7, 11) is 1.61. The number of benzene rings is 2. The van der Waals surface area contributed by atoms with Crippen LogP contribution >= 0.6 is 22.9 Å². The molecule has 9 heteroatoms. The molecule has 0 spiro atoms. The molecule has 144 valence electrons. The molecule has 1 amide bonds. The lowest BCUT2D eigenvalue weighted by molar-refractivity contribution is -0.384. The molecule has 0 atom stereocenters. The maximum atomic E-state index is 12.3. The third-order valence-electron chi connectivity index (χ3n) is 3.89. The lowest BCUT2D eigenvalue weighted by Crippen LogP contribution is -2.18. The Bertz CT molecular complexity index is 1120. The molecular formula is C19H16ClN3O4S. The summed E-state index contributed by atoms with van der Waals surface area (Å²) in [6.45, 7) is 1.03. The molecule has 0 radical (unpaired) electrons. The molecule has 0 aliphatic rings. The largest absolute Gasteiger partial charge is 0.383 e. The van der Waals surface area contributed by atoms with Crippen molar-refractivity contribution in [2.45, 2.75) is 6.54 Å². The molecule has 0 saturated heterocycles. The zero-order valence-corrected chi connectivity index (χ0v) is 16.4. The minimum Gasteiger partial charge on any atom is -0.383 e. The molecule has 7 nitrogen and oxygen atoms in total. The van der Waals surface area contributed by atoms with Crippen LogP contribution in [0.3, 0.4) is 0 Å². The van der Waals surface area contributed by atoms with Crippen LogP contribution in [0, 0.1) is 10.1 Å². The Morgan fingerprint density at radius 2 is 2.07 bits per heavy atom. The maximum Gasteiger partial charge on any atom is 0.272 e. The van der Waals surface area contributed by atoms with Gasteiger partial charge in [0.1, 0.15) is 0 Å². The van der Waals surface area contributed by atoms with Crippen molar-refractivity contribution in [1.29, 1.82) is 0 Å². The first-order chi connectivity index (χ1) is 13.5. The van der Waals surface area contributed by atoms with E-state index in [4.69, 9.17) is 16.3 Å². The topological polar surface area (TPSA) is 86.7 Å². The standard InChI is InChI=1S/C19H16ClN3O4S/c1-27-11-10-22-16-8-5-14(20)12-17(16)28-19(22)21-18(24)9-4-13-2-6-15(7-3-13)23(25)26/h2-9,12H,10-11H2,1H3. The maximum absolute atomic E-state index is 12.3. The number of rotatable bonds is 6. The van der Waals surface area contributed by atoms with Crippen LogP contribution in [-0.4, -0.2) is 29.1 Å². The minimum atomic E-state index is -0.472. The molecule has 3 rings (SSSR count). The highest BCUT2D eigenvalue weighted by Gasteiger charge is 2.08. The summed E-state index contributed by atoms with van der Waals surface area (Å²) in [5.74, 6) is -0.429. The van der Waals surface area contributed by atoms with Crippen molar-refractivity contribution in [3.05, 3.63) is 74.0 Å². The number of amides is 1. The fourth-order valence-electron chi connectivity index (χ4n) is 2.54. The van der Waals surface area contributed by atoms with Gasteiger partial charge in [0.15, 0.2) is 4.80 Å². The number of carbonyl (C=O) groups is 1. The summed E-state index contributed by atoms with van der Waals surface area (Å²) in [5, 5.41) is 11.3. The van der Waals surface area contributed by atoms with Gasteiger partial charge in [-0.2, -0.15) is 4.99 Å². The van der Waals surface area contributed by atoms with Crippen LogP contribution < -0.4 is 4.80 Å². The smallest absolute Gasteiger partial charge is 0.272 e. The first-order valence-corrected chi connectivity index (χ1v) is 9.46. The number of hydrogen-bond acceptors (Lipinski definition) is 5. The van der Waals surface area contributed by atoms with Crippen molar-refractivity contribution < 1.29 is 14.5 Å². The summed E-state index contributed by atoms with van der Waals surface area (Å²) in [6.07, 6.45) is 2.90. The van der Waals surface area contributed by atoms with Gasteiger partial charge in [0.05, 0.1) is 21.7 Å². The Kier molecular flexibility index (Phi) is 6.35. The Morgan fingerprint density at radius 1 is 1.32 bits per heavy atom. The van der Waals surface area contributed by atoms with Gasteiger partial charge in [-0.15, -0.1) is 0 Å². The van der Waals surface area contributed by atoms with E-state index in [1.165, 1.54) is 29.5 Å². The van der Waals surface area contributed by atoms with Gasteiger partial charge in [-0.1, -0.05) is 22.9 Å². The van der Waals surface area contributed by atoms with Gasteiger partial charge < -0.3 is 9.30 Å². The van der Waals surface area contributed by atoms with E-state index in [9.17, 15) is 14.9 Å². The number of nitrogens with zero attached hydrogens (tertiary/aromatic N) is 3. The van der Waals surface area contributed by atoms with Crippen LogP contribution in [0.1, 0.15) is 5.56 Å². The van der Waals surface area contributed by atoms with Crippen LogP contribution in [-0.2, 0) is 16.1 Å². The van der Waals surface area contributed by atoms with E-state index in [-0.39, 0.29) is 5.69 Å². The van der Waals surface area contributed by atoms with Gasteiger partial charge in [0.25, 0.3) is 11.6 Å². The molecule has 3 aromatic rings. The van der Waals surface area contributed by atoms with Gasteiger partial charge >= 0.3 is 0 Å².